The molecule has 3 unspecified atom stereocenters. The van der Waals surface area contributed by atoms with Crippen molar-refractivity contribution in [2.24, 2.45) is 0 Å². The van der Waals surface area contributed by atoms with Crippen molar-refractivity contribution < 1.29 is 0 Å². The van der Waals surface area contributed by atoms with Crippen LogP contribution in [0.25, 0.3) is 0 Å². The summed E-state index contributed by atoms with van der Waals surface area (Å²) in [6.45, 7) is 2.37. The second-order valence-corrected chi connectivity index (χ2v) is 9.53. The third-order valence-electron chi connectivity index (χ3n) is 4.31. The predicted molar refractivity (Wildman–Crippen MR) is 89.7 cm³/mol. The van der Waals surface area contributed by atoms with Crippen LogP contribution in [-0.2, 0) is 0 Å². The number of thioether (sulfide) groups is 2. The van der Waals surface area contributed by atoms with Gasteiger partial charge in [-0.3, -0.25) is 0 Å². The topological polar surface area (TPSA) is 12.0 Å². The van der Waals surface area contributed by atoms with Crippen molar-refractivity contribution in [2.75, 3.05) is 6.26 Å². The smallest absolute Gasteiger partial charge is 0.0649 e. The molecule has 1 aromatic heterocycles. The summed E-state index contributed by atoms with van der Waals surface area (Å²) in [6, 6.07) is 3.67. The third kappa shape index (κ3) is 3.34. The number of fused-ring (bicyclic) bond motifs is 1. The SMILES string of the molecule is CSC1CCCC(NC2C[C@H](C)Sc3sccc32)C1. The zero-order valence-electron chi connectivity index (χ0n) is 11.7. The molecule has 0 bridgehead atoms. The lowest BCUT2D eigenvalue weighted by molar-refractivity contribution is 0.333. The number of rotatable bonds is 3. The lowest BCUT2D eigenvalue weighted by atomic mass is 9.93. The molecule has 0 radical (unpaired) electrons. The Labute approximate surface area is 129 Å². The minimum atomic E-state index is 0.600. The molecule has 106 valence electrons. The number of thiophene rings is 1. The third-order valence-corrected chi connectivity index (χ3v) is 7.74. The van der Waals surface area contributed by atoms with Gasteiger partial charge < -0.3 is 5.32 Å². The van der Waals surface area contributed by atoms with Gasteiger partial charge in [-0.2, -0.15) is 11.8 Å². The van der Waals surface area contributed by atoms with Crippen molar-refractivity contribution in [1.82, 2.24) is 5.32 Å². The van der Waals surface area contributed by atoms with E-state index in [1.165, 1.54) is 32.1 Å². The van der Waals surface area contributed by atoms with Crippen molar-refractivity contribution >= 4 is 34.9 Å². The number of nitrogens with one attached hydrogen (secondary N) is 1. The van der Waals surface area contributed by atoms with Gasteiger partial charge in [0, 0.05) is 22.6 Å². The van der Waals surface area contributed by atoms with Crippen molar-refractivity contribution in [3.05, 3.63) is 17.0 Å². The molecule has 1 fully saturated rings. The van der Waals surface area contributed by atoms with Gasteiger partial charge in [0.25, 0.3) is 0 Å². The fourth-order valence-electron chi connectivity index (χ4n) is 3.30. The van der Waals surface area contributed by atoms with E-state index in [0.29, 0.717) is 6.04 Å². The zero-order chi connectivity index (χ0) is 13.2. The van der Waals surface area contributed by atoms with Gasteiger partial charge in [0.2, 0.25) is 0 Å². The van der Waals surface area contributed by atoms with E-state index in [4.69, 9.17) is 0 Å². The molecule has 4 heteroatoms. The lowest BCUT2D eigenvalue weighted by Crippen LogP contribution is -2.39. The zero-order valence-corrected chi connectivity index (χ0v) is 14.2. The van der Waals surface area contributed by atoms with Crippen LogP contribution < -0.4 is 5.32 Å². The van der Waals surface area contributed by atoms with Crippen LogP contribution in [0.2, 0.25) is 0 Å². The maximum absolute atomic E-state index is 3.97. The van der Waals surface area contributed by atoms with E-state index in [9.17, 15) is 0 Å². The highest BCUT2D eigenvalue weighted by Gasteiger charge is 2.29. The summed E-state index contributed by atoms with van der Waals surface area (Å²) in [7, 11) is 0. The molecule has 1 aromatic rings. The Balaban J connectivity index is 1.67. The molecule has 0 amide bonds. The first-order chi connectivity index (χ1) is 9.26. The van der Waals surface area contributed by atoms with Crippen LogP contribution in [0.5, 0.6) is 0 Å². The molecule has 4 atom stereocenters. The summed E-state index contributed by atoms with van der Waals surface area (Å²) < 4.78 is 1.55. The molecule has 3 rings (SSSR count). The van der Waals surface area contributed by atoms with Crippen LogP contribution in [0.3, 0.4) is 0 Å². The van der Waals surface area contributed by atoms with Crippen LogP contribution in [0, 0.1) is 0 Å². The Bertz CT molecular complexity index is 417. The molecular formula is C15H23NS3. The predicted octanol–water partition coefficient (Wildman–Crippen LogP) is 4.94. The van der Waals surface area contributed by atoms with Gasteiger partial charge in [0.05, 0.1) is 4.21 Å². The highest BCUT2D eigenvalue weighted by atomic mass is 32.2. The van der Waals surface area contributed by atoms with E-state index in [1.54, 1.807) is 9.77 Å². The molecule has 1 aliphatic carbocycles. The van der Waals surface area contributed by atoms with Gasteiger partial charge in [0.15, 0.2) is 0 Å². The summed E-state index contributed by atoms with van der Waals surface area (Å²) in [5.74, 6) is 0. The van der Waals surface area contributed by atoms with E-state index in [-0.39, 0.29) is 0 Å². The fourth-order valence-corrected chi connectivity index (χ4v) is 6.70. The Kier molecular flexibility index (Phi) is 4.83. The summed E-state index contributed by atoms with van der Waals surface area (Å²) in [4.78, 5) is 0. The molecular weight excluding hydrogens is 290 g/mol. The summed E-state index contributed by atoms with van der Waals surface area (Å²) in [5, 5.41) is 7.87. The van der Waals surface area contributed by atoms with Crippen molar-refractivity contribution in [2.45, 2.75) is 65.8 Å². The highest BCUT2D eigenvalue weighted by Crippen LogP contribution is 2.44. The number of hydrogen-bond donors (Lipinski definition) is 1. The van der Waals surface area contributed by atoms with Gasteiger partial charge in [-0.05, 0) is 48.9 Å². The Morgan fingerprint density at radius 1 is 1.32 bits per heavy atom. The van der Waals surface area contributed by atoms with Gasteiger partial charge in [-0.25, -0.2) is 0 Å². The molecule has 19 heavy (non-hydrogen) atoms. The van der Waals surface area contributed by atoms with Crippen molar-refractivity contribution in [1.29, 1.82) is 0 Å². The van der Waals surface area contributed by atoms with E-state index >= 15 is 0 Å². The monoisotopic (exact) mass is 313 g/mol. The number of hydrogen-bond acceptors (Lipinski definition) is 4. The second-order valence-electron chi connectivity index (χ2n) is 5.77. The maximum Gasteiger partial charge on any atom is 0.0649 e. The standard InChI is InChI=1S/C15H23NS3/c1-10-8-14(13-6-7-18-15(13)19-10)16-11-4-3-5-12(9-11)17-2/h6-7,10-12,14,16H,3-5,8-9H2,1-2H3/t10-,11?,12?,14?/m0/s1. The summed E-state index contributed by atoms with van der Waals surface area (Å²) in [6.07, 6.45) is 9.10. The molecule has 0 aromatic carbocycles. The second kappa shape index (κ2) is 6.42. The highest BCUT2D eigenvalue weighted by molar-refractivity contribution is 8.01. The van der Waals surface area contributed by atoms with Gasteiger partial charge in [0.1, 0.15) is 0 Å². The summed E-state index contributed by atoms with van der Waals surface area (Å²) in [5.41, 5.74) is 1.57. The molecule has 1 aliphatic heterocycles. The molecule has 2 heterocycles. The van der Waals surface area contributed by atoms with Gasteiger partial charge in [-0.1, -0.05) is 13.3 Å². The minimum absolute atomic E-state index is 0.600. The molecule has 0 saturated heterocycles. The largest absolute Gasteiger partial charge is 0.307 e. The van der Waals surface area contributed by atoms with E-state index in [1.807, 2.05) is 11.3 Å². The lowest BCUT2D eigenvalue weighted by Gasteiger charge is -2.35. The average molecular weight is 314 g/mol. The molecule has 0 spiro atoms. The van der Waals surface area contributed by atoms with Crippen LogP contribution in [-0.4, -0.2) is 22.8 Å². The normalized spacial score (nSPS) is 35.1. The molecule has 2 aliphatic rings. The summed E-state index contributed by atoms with van der Waals surface area (Å²) >= 11 is 6.04. The first kappa shape index (κ1) is 14.3. The van der Waals surface area contributed by atoms with Crippen LogP contribution >= 0.6 is 34.9 Å². The van der Waals surface area contributed by atoms with Crippen molar-refractivity contribution in [3.8, 4) is 0 Å². The Morgan fingerprint density at radius 3 is 3.05 bits per heavy atom. The van der Waals surface area contributed by atoms with Gasteiger partial charge >= 0.3 is 0 Å². The quantitative estimate of drug-likeness (QED) is 0.849. The Hall–Kier alpha value is 0.360. The molecule has 1 nitrogen and oxygen atoms in total. The molecule has 1 N–H and O–H groups in total. The maximum atomic E-state index is 3.97. The Morgan fingerprint density at radius 2 is 2.21 bits per heavy atom. The van der Waals surface area contributed by atoms with E-state index < -0.39 is 0 Å². The van der Waals surface area contributed by atoms with Gasteiger partial charge in [-0.15, -0.1) is 23.1 Å². The minimum Gasteiger partial charge on any atom is -0.307 e. The fraction of sp³-hybridized carbons (Fsp3) is 0.733. The van der Waals surface area contributed by atoms with E-state index in [2.05, 4.69) is 53.5 Å². The first-order valence-corrected chi connectivity index (χ1v) is 10.3. The first-order valence-electron chi connectivity index (χ1n) is 7.29. The van der Waals surface area contributed by atoms with Crippen molar-refractivity contribution in [3.63, 3.8) is 0 Å². The molecule has 1 saturated carbocycles. The average Bonchev–Trinajstić information content (AvgIpc) is 2.87. The van der Waals surface area contributed by atoms with Crippen LogP contribution in [0.15, 0.2) is 15.7 Å². The van der Waals surface area contributed by atoms with Crippen LogP contribution in [0.4, 0.5) is 0 Å². The van der Waals surface area contributed by atoms with E-state index in [0.717, 1.165) is 16.5 Å². The van der Waals surface area contributed by atoms with Crippen LogP contribution in [0.1, 0.15) is 50.6 Å².